The van der Waals surface area contributed by atoms with Gasteiger partial charge in [0, 0.05) is 56.0 Å². The fourth-order valence-electron chi connectivity index (χ4n) is 4.80. The molecule has 2 aliphatic rings. The summed E-state index contributed by atoms with van der Waals surface area (Å²) in [6.45, 7) is 10.3. The first kappa shape index (κ1) is 21.2. The Labute approximate surface area is 177 Å². The Bertz CT molecular complexity index is 881. The number of carboxylic acids is 1. The quantitative estimate of drug-likeness (QED) is 0.740. The van der Waals surface area contributed by atoms with Crippen LogP contribution in [0, 0.1) is 0 Å². The molecule has 1 aromatic carbocycles. The van der Waals surface area contributed by atoms with Gasteiger partial charge in [-0.2, -0.15) is 0 Å². The summed E-state index contributed by atoms with van der Waals surface area (Å²) in [5.74, 6) is -0.0804. The molecule has 1 aromatic heterocycles. The fourth-order valence-corrected chi connectivity index (χ4v) is 4.80. The largest absolute Gasteiger partial charge is 0.478 e. The number of nitrogens with zero attached hydrogens (tertiary/aromatic N) is 2. The summed E-state index contributed by atoms with van der Waals surface area (Å²) in [6, 6.07) is 4.33. The van der Waals surface area contributed by atoms with Crippen LogP contribution < -0.4 is 4.90 Å². The van der Waals surface area contributed by atoms with Crippen molar-refractivity contribution in [3.8, 4) is 0 Å². The Morgan fingerprint density at radius 1 is 1.13 bits per heavy atom. The van der Waals surface area contributed by atoms with Crippen LogP contribution in [0.1, 0.15) is 48.4 Å². The summed E-state index contributed by atoms with van der Waals surface area (Å²) in [5, 5.41) is 10.8. The van der Waals surface area contributed by atoms with Crippen molar-refractivity contribution >= 4 is 22.6 Å². The van der Waals surface area contributed by atoms with E-state index in [1.807, 2.05) is 13.0 Å². The number of hydrogen-bond acceptors (Lipinski definition) is 6. The summed E-state index contributed by atoms with van der Waals surface area (Å²) < 4.78 is 17.2. The van der Waals surface area contributed by atoms with Gasteiger partial charge in [-0.15, -0.1) is 0 Å². The Morgan fingerprint density at radius 2 is 1.83 bits per heavy atom. The van der Waals surface area contributed by atoms with Crippen molar-refractivity contribution in [3.63, 3.8) is 0 Å². The van der Waals surface area contributed by atoms with Gasteiger partial charge in [-0.3, -0.25) is 4.90 Å². The van der Waals surface area contributed by atoms with Crippen LogP contribution in [0.5, 0.6) is 0 Å². The average Bonchev–Trinajstić information content (AvgIpc) is 3.16. The molecule has 0 aliphatic carbocycles. The maximum Gasteiger partial charge on any atom is 0.336 e. The van der Waals surface area contributed by atoms with E-state index in [1.165, 1.54) is 0 Å². The van der Waals surface area contributed by atoms with Gasteiger partial charge in [0.25, 0.3) is 0 Å². The molecule has 1 N–H and O–H groups in total. The van der Waals surface area contributed by atoms with E-state index in [4.69, 9.17) is 13.9 Å². The third kappa shape index (κ3) is 4.19. The van der Waals surface area contributed by atoms with E-state index in [1.54, 1.807) is 0 Å². The van der Waals surface area contributed by atoms with Crippen LogP contribution in [0.15, 0.2) is 16.5 Å². The molecule has 0 unspecified atom stereocenters. The predicted molar refractivity (Wildman–Crippen MR) is 116 cm³/mol. The van der Waals surface area contributed by atoms with Crippen molar-refractivity contribution in [1.82, 2.24) is 4.90 Å². The van der Waals surface area contributed by atoms with Crippen LogP contribution in [0.25, 0.3) is 11.0 Å². The standard InChI is InChI=1S/C23H32N2O5/c1-3-18-20(25(4-2)16-5-9-28-10-6-16)14-21-19(22(18)23(26)27)13-17(30-21)15-24-7-11-29-12-8-24/h13-14,16H,3-12,15H2,1-2H3,(H,26,27). The number of morpholine rings is 1. The lowest BCUT2D eigenvalue weighted by molar-refractivity contribution is 0.0315. The monoisotopic (exact) mass is 416 g/mol. The molecule has 7 heteroatoms. The van der Waals surface area contributed by atoms with E-state index < -0.39 is 5.97 Å². The van der Waals surface area contributed by atoms with Crippen LogP contribution >= 0.6 is 0 Å². The first-order valence-corrected chi connectivity index (χ1v) is 11.1. The van der Waals surface area contributed by atoms with E-state index in [-0.39, 0.29) is 0 Å². The molecule has 3 heterocycles. The highest BCUT2D eigenvalue weighted by molar-refractivity contribution is 6.06. The Hall–Kier alpha value is -2.09. The molecule has 0 radical (unpaired) electrons. The summed E-state index contributed by atoms with van der Waals surface area (Å²) >= 11 is 0. The Kier molecular flexibility index (Phi) is 6.61. The number of benzene rings is 1. The van der Waals surface area contributed by atoms with Crippen molar-refractivity contribution in [1.29, 1.82) is 0 Å². The highest BCUT2D eigenvalue weighted by atomic mass is 16.5. The molecule has 2 aromatic rings. The third-order valence-electron chi connectivity index (χ3n) is 6.29. The molecule has 7 nitrogen and oxygen atoms in total. The molecule has 4 rings (SSSR count). The number of carboxylic acid groups (broad SMARTS) is 1. The highest BCUT2D eigenvalue weighted by Gasteiger charge is 2.27. The molecule has 2 saturated heterocycles. The van der Waals surface area contributed by atoms with Crippen molar-refractivity contribution in [3.05, 3.63) is 29.0 Å². The normalized spacial score (nSPS) is 18.7. The minimum Gasteiger partial charge on any atom is -0.478 e. The van der Waals surface area contributed by atoms with Gasteiger partial charge in [0.15, 0.2) is 0 Å². The zero-order chi connectivity index (χ0) is 21.1. The lowest BCUT2D eigenvalue weighted by Crippen LogP contribution is -2.40. The van der Waals surface area contributed by atoms with Crippen molar-refractivity contribution in [2.45, 2.75) is 45.7 Å². The van der Waals surface area contributed by atoms with Gasteiger partial charge in [0.2, 0.25) is 0 Å². The number of rotatable bonds is 7. The molecule has 30 heavy (non-hydrogen) atoms. The van der Waals surface area contributed by atoms with E-state index in [0.29, 0.717) is 35.5 Å². The second kappa shape index (κ2) is 9.37. The number of carbonyl (C=O) groups is 1. The molecule has 0 atom stereocenters. The van der Waals surface area contributed by atoms with Crippen LogP contribution in [0.3, 0.4) is 0 Å². The third-order valence-corrected chi connectivity index (χ3v) is 6.29. The van der Waals surface area contributed by atoms with Crippen LogP contribution in [0.2, 0.25) is 0 Å². The number of fused-ring (bicyclic) bond motifs is 1. The molecule has 0 spiro atoms. The number of furan rings is 1. The van der Waals surface area contributed by atoms with Gasteiger partial charge in [-0.25, -0.2) is 4.79 Å². The Balaban J connectivity index is 1.76. The summed E-state index contributed by atoms with van der Waals surface area (Å²) in [5.41, 5.74) is 2.92. The maximum atomic E-state index is 12.3. The second-order valence-electron chi connectivity index (χ2n) is 8.05. The number of hydrogen-bond donors (Lipinski definition) is 1. The van der Waals surface area contributed by atoms with Gasteiger partial charge in [0.05, 0.1) is 25.3 Å². The van der Waals surface area contributed by atoms with Gasteiger partial charge in [0.1, 0.15) is 11.3 Å². The zero-order valence-electron chi connectivity index (χ0n) is 18.0. The summed E-state index contributed by atoms with van der Waals surface area (Å²) in [7, 11) is 0. The number of ether oxygens (including phenoxy) is 2. The van der Waals surface area contributed by atoms with Gasteiger partial charge in [-0.1, -0.05) is 6.92 Å². The highest BCUT2D eigenvalue weighted by Crippen LogP contribution is 2.36. The lowest BCUT2D eigenvalue weighted by atomic mass is 9.96. The van der Waals surface area contributed by atoms with E-state index >= 15 is 0 Å². The zero-order valence-corrected chi connectivity index (χ0v) is 18.0. The predicted octanol–water partition coefficient (Wildman–Crippen LogP) is 3.53. The fraction of sp³-hybridized carbons (Fsp3) is 0.609. The summed E-state index contributed by atoms with van der Waals surface area (Å²) in [6.07, 6.45) is 2.58. The van der Waals surface area contributed by atoms with Crippen LogP contribution in [0.4, 0.5) is 5.69 Å². The average molecular weight is 417 g/mol. The van der Waals surface area contributed by atoms with Gasteiger partial charge in [-0.05, 0) is 37.8 Å². The van der Waals surface area contributed by atoms with Crippen molar-refractivity contribution < 1.29 is 23.8 Å². The first-order chi connectivity index (χ1) is 14.6. The van der Waals surface area contributed by atoms with Crippen LogP contribution in [-0.2, 0) is 22.4 Å². The minimum atomic E-state index is -0.888. The molecule has 0 saturated carbocycles. The van der Waals surface area contributed by atoms with Crippen molar-refractivity contribution in [2.24, 2.45) is 0 Å². The van der Waals surface area contributed by atoms with Gasteiger partial charge < -0.3 is 23.9 Å². The number of aromatic carboxylic acids is 1. The van der Waals surface area contributed by atoms with Crippen LogP contribution in [-0.4, -0.2) is 68.1 Å². The minimum absolute atomic E-state index is 0.357. The summed E-state index contributed by atoms with van der Waals surface area (Å²) in [4.78, 5) is 17.0. The second-order valence-corrected chi connectivity index (χ2v) is 8.05. The van der Waals surface area contributed by atoms with E-state index in [0.717, 1.165) is 75.9 Å². The topological polar surface area (TPSA) is 75.4 Å². The van der Waals surface area contributed by atoms with E-state index in [9.17, 15) is 9.90 Å². The van der Waals surface area contributed by atoms with E-state index in [2.05, 4.69) is 22.8 Å². The molecule has 2 fully saturated rings. The van der Waals surface area contributed by atoms with Gasteiger partial charge >= 0.3 is 5.97 Å². The SMILES string of the molecule is CCc1c(N(CC)C2CCOCC2)cc2oc(CN3CCOCC3)cc2c1C(=O)O. The molecular weight excluding hydrogens is 384 g/mol. The first-order valence-electron chi connectivity index (χ1n) is 11.1. The molecular formula is C23H32N2O5. The molecule has 2 aliphatic heterocycles. The maximum absolute atomic E-state index is 12.3. The lowest BCUT2D eigenvalue weighted by Gasteiger charge is -2.36. The Morgan fingerprint density at radius 3 is 2.47 bits per heavy atom. The van der Waals surface area contributed by atoms with Crippen molar-refractivity contribution in [2.75, 3.05) is 51.0 Å². The molecule has 0 bridgehead atoms. The molecule has 164 valence electrons. The smallest absolute Gasteiger partial charge is 0.336 e. The number of anilines is 1. The molecule has 0 amide bonds.